The van der Waals surface area contributed by atoms with Crippen LogP contribution in [0, 0.1) is 11.7 Å². The maximum absolute atomic E-state index is 14.1. The van der Waals surface area contributed by atoms with Crippen LogP contribution in [-0.4, -0.2) is 47.3 Å². The number of halogens is 1. The molecular formula is C24H28FN3O2. The SMILES string of the molecule is O=C1NCCN(Cc2ccccc2F)[C@@H]1CC(=O)N(Cc1ccccc1)CC1CC1. The Kier molecular flexibility index (Phi) is 6.43. The highest BCUT2D eigenvalue weighted by atomic mass is 19.1. The third kappa shape index (κ3) is 5.25. The average Bonchev–Trinajstić information content (AvgIpc) is 3.56. The van der Waals surface area contributed by atoms with Gasteiger partial charge in [0, 0.05) is 38.3 Å². The van der Waals surface area contributed by atoms with Crippen molar-refractivity contribution in [2.75, 3.05) is 19.6 Å². The van der Waals surface area contributed by atoms with Crippen LogP contribution in [0.5, 0.6) is 0 Å². The van der Waals surface area contributed by atoms with E-state index in [0.717, 1.165) is 24.9 Å². The van der Waals surface area contributed by atoms with Crippen molar-refractivity contribution in [2.45, 2.75) is 38.4 Å². The molecule has 0 aromatic heterocycles. The van der Waals surface area contributed by atoms with E-state index in [0.29, 0.717) is 37.7 Å². The minimum Gasteiger partial charge on any atom is -0.353 e. The summed E-state index contributed by atoms with van der Waals surface area (Å²) in [6, 6.07) is 16.0. The van der Waals surface area contributed by atoms with Gasteiger partial charge in [-0.05, 0) is 30.4 Å². The number of rotatable bonds is 8. The van der Waals surface area contributed by atoms with E-state index in [2.05, 4.69) is 5.32 Å². The van der Waals surface area contributed by atoms with Crippen molar-refractivity contribution in [3.63, 3.8) is 0 Å². The molecule has 2 aromatic carbocycles. The second-order valence-electron chi connectivity index (χ2n) is 8.28. The topological polar surface area (TPSA) is 52.7 Å². The molecule has 1 saturated heterocycles. The summed E-state index contributed by atoms with van der Waals surface area (Å²) >= 11 is 0. The lowest BCUT2D eigenvalue weighted by Gasteiger charge is -2.36. The Bertz CT molecular complexity index is 885. The van der Waals surface area contributed by atoms with Crippen LogP contribution in [-0.2, 0) is 22.7 Å². The smallest absolute Gasteiger partial charge is 0.237 e. The van der Waals surface area contributed by atoms with Crippen molar-refractivity contribution in [3.05, 3.63) is 71.5 Å². The molecule has 2 aliphatic rings. The maximum Gasteiger partial charge on any atom is 0.237 e. The largest absolute Gasteiger partial charge is 0.353 e. The van der Waals surface area contributed by atoms with E-state index in [1.165, 1.54) is 6.07 Å². The molecule has 158 valence electrons. The van der Waals surface area contributed by atoms with Crippen LogP contribution in [0.3, 0.4) is 0 Å². The maximum atomic E-state index is 14.1. The number of carbonyl (C=O) groups is 2. The summed E-state index contributed by atoms with van der Waals surface area (Å²) in [6.07, 6.45) is 2.42. The highest BCUT2D eigenvalue weighted by Crippen LogP contribution is 2.30. The Morgan fingerprint density at radius 2 is 1.83 bits per heavy atom. The highest BCUT2D eigenvalue weighted by molar-refractivity contribution is 5.88. The van der Waals surface area contributed by atoms with Gasteiger partial charge in [-0.2, -0.15) is 0 Å². The van der Waals surface area contributed by atoms with E-state index in [9.17, 15) is 14.0 Å². The van der Waals surface area contributed by atoms with Crippen molar-refractivity contribution in [2.24, 2.45) is 5.92 Å². The zero-order valence-electron chi connectivity index (χ0n) is 17.1. The third-order valence-corrected chi connectivity index (χ3v) is 5.89. The van der Waals surface area contributed by atoms with Crippen molar-refractivity contribution < 1.29 is 14.0 Å². The van der Waals surface area contributed by atoms with Gasteiger partial charge in [0.15, 0.2) is 0 Å². The van der Waals surface area contributed by atoms with Crippen LogP contribution in [0.4, 0.5) is 4.39 Å². The lowest BCUT2D eigenvalue weighted by Crippen LogP contribution is -2.56. The number of piperazine rings is 1. The first-order chi connectivity index (χ1) is 14.6. The molecule has 1 heterocycles. The lowest BCUT2D eigenvalue weighted by atomic mass is 10.1. The van der Waals surface area contributed by atoms with E-state index in [1.807, 2.05) is 40.1 Å². The first kappa shape index (κ1) is 20.5. The molecule has 1 aliphatic heterocycles. The van der Waals surface area contributed by atoms with E-state index in [4.69, 9.17) is 0 Å². The van der Waals surface area contributed by atoms with Gasteiger partial charge in [-0.25, -0.2) is 4.39 Å². The molecule has 6 heteroatoms. The molecule has 30 heavy (non-hydrogen) atoms. The van der Waals surface area contributed by atoms with Crippen molar-refractivity contribution >= 4 is 11.8 Å². The number of nitrogens with zero attached hydrogens (tertiary/aromatic N) is 2. The number of hydrogen-bond acceptors (Lipinski definition) is 3. The molecule has 2 amide bonds. The van der Waals surface area contributed by atoms with Crippen LogP contribution in [0.15, 0.2) is 54.6 Å². The molecule has 4 rings (SSSR count). The highest BCUT2D eigenvalue weighted by Gasteiger charge is 2.34. The quantitative estimate of drug-likeness (QED) is 0.729. The molecule has 5 nitrogen and oxygen atoms in total. The van der Waals surface area contributed by atoms with Crippen molar-refractivity contribution in [3.8, 4) is 0 Å². The summed E-state index contributed by atoms with van der Waals surface area (Å²) in [4.78, 5) is 29.7. The summed E-state index contributed by atoms with van der Waals surface area (Å²) in [5, 5.41) is 2.86. The number of amides is 2. The lowest BCUT2D eigenvalue weighted by molar-refractivity contribution is -0.139. The molecule has 0 spiro atoms. The van der Waals surface area contributed by atoms with Crippen LogP contribution < -0.4 is 5.32 Å². The Balaban J connectivity index is 1.47. The molecule has 1 atom stereocenters. The van der Waals surface area contributed by atoms with Gasteiger partial charge in [-0.3, -0.25) is 14.5 Å². The van der Waals surface area contributed by atoms with Gasteiger partial charge >= 0.3 is 0 Å². The molecule has 0 bridgehead atoms. The summed E-state index contributed by atoms with van der Waals surface area (Å²) in [7, 11) is 0. The predicted octanol–water partition coefficient (Wildman–Crippen LogP) is 2.96. The Morgan fingerprint density at radius 1 is 1.10 bits per heavy atom. The van der Waals surface area contributed by atoms with E-state index in [-0.39, 0.29) is 24.1 Å². The number of benzene rings is 2. The number of carbonyl (C=O) groups excluding carboxylic acids is 2. The third-order valence-electron chi connectivity index (χ3n) is 5.89. The number of hydrogen-bond donors (Lipinski definition) is 1. The zero-order chi connectivity index (χ0) is 20.9. The molecule has 1 N–H and O–H groups in total. The second-order valence-corrected chi connectivity index (χ2v) is 8.28. The molecular weight excluding hydrogens is 381 g/mol. The van der Waals surface area contributed by atoms with Crippen molar-refractivity contribution in [1.82, 2.24) is 15.1 Å². The Hall–Kier alpha value is -2.73. The fourth-order valence-corrected chi connectivity index (χ4v) is 3.98. The van der Waals surface area contributed by atoms with Crippen molar-refractivity contribution in [1.29, 1.82) is 0 Å². The van der Waals surface area contributed by atoms with E-state index >= 15 is 0 Å². The van der Waals surface area contributed by atoms with Crippen LogP contribution >= 0.6 is 0 Å². The van der Waals surface area contributed by atoms with Gasteiger partial charge in [0.25, 0.3) is 0 Å². The summed E-state index contributed by atoms with van der Waals surface area (Å²) in [6.45, 7) is 2.71. The normalized spacial score (nSPS) is 19.4. The number of nitrogens with one attached hydrogen (secondary N) is 1. The molecule has 2 fully saturated rings. The van der Waals surface area contributed by atoms with Gasteiger partial charge in [-0.15, -0.1) is 0 Å². The summed E-state index contributed by atoms with van der Waals surface area (Å²) in [5.74, 6) is 0.101. The zero-order valence-corrected chi connectivity index (χ0v) is 17.1. The molecule has 1 saturated carbocycles. The van der Waals surface area contributed by atoms with Gasteiger partial charge < -0.3 is 10.2 Å². The second kappa shape index (κ2) is 9.39. The summed E-state index contributed by atoms with van der Waals surface area (Å²) < 4.78 is 14.1. The van der Waals surface area contributed by atoms with Gasteiger partial charge in [0.2, 0.25) is 11.8 Å². The first-order valence-electron chi connectivity index (χ1n) is 10.7. The fourth-order valence-electron chi connectivity index (χ4n) is 3.98. The average molecular weight is 410 g/mol. The molecule has 2 aromatic rings. The van der Waals surface area contributed by atoms with Crippen LogP contribution in [0.1, 0.15) is 30.4 Å². The van der Waals surface area contributed by atoms with E-state index < -0.39 is 6.04 Å². The molecule has 0 radical (unpaired) electrons. The van der Waals surface area contributed by atoms with E-state index in [1.54, 1.807) is 18.2 Å². The standard InChI is InChI=1S/C24H28FN3O2/c25-21-9-5-4-8-20(21)17-27-13-12-26-24(30)22(27)14-23(29)28(16-19-10-11-19)15-18-6-2-1-3-7-18/h1-9,19,22H,10-17H2,(H,26,30)/t22-/m1/s1. The minimum absolute atomic E-state index is 0.0219. The minimum atomic E-state index is -0.580. The van der Waals surface area contributed by atoms with Gasteiger partial charge in [-0.1, -0.05) is 48.5 Å². The van der Waals surface area contributed by atoms with Gasteiger partial charge in [0.1, 0.15) is 5.82 Å². The Morgan fingerprint density at radius 3 is 2.57 bits per heavy atom. The first-order valence-corrected chi connectivity index (χ1v) is 10.7. The fraction of sp³-hybridized carbons (Fsp3) is 0.417. The van der Waals surface area contributed by atoms with Crippen LogP contribution in [0.2, 0.25) is 0 Å². The monoisotopic (exact) mass is 409 g/mol. The molecule has 1 aliphatic carbocycles. The van der Waals surface area contributed by atoms with Gasteiger partial charge in [0.05, 0.1) is 12.5 Å². The summed E-state index contributed by atoms with van der Waals surface area (Å²) in [5.41, 5.74) is 1.63. The molecule has 0 unspecified atom stereocenters. The predicted molar refractivity (Wildman–Crippen MR) is 113 cm³/mol. The van der Waals surface area contributed by atoms with Crippen LogP contribution in [0.25, 0.3) is 0 Å². The Labute approximate surface area is 176 Å².